The Balaban J connectivity index is 1.82. The zero-order valence-electron chi connectivity index (χ0n) is 26.3. The molecule has 252 valence electrons. The molecule has 2 aliphatic rings. The number of amides is 4. The van der Waals surface area contributed by atoms with Crippen LogP contribution in [0.1, 0.15) is 55.5 Å². The fourth-order valence-electron chi connectivity index (χ4n) is 5.90. The highest BCUT2D eigenvalue weighted by Crippen LogP contribution is 2.31. The largest absolute Gasteiger partial charge is 0.481 e. The molecule has 4 rings (SSSR count). The number of aliphatic hydroxyl groups excluding tert-OH is 1. The number of nitrogens with zero attached hydrogens (tertiary/aromatic N) is 1. The average molecular weight is 652 g/mol. The number of hydrogen-bond acceptors (Lipinski definition) is 8. The molecule has 2 heterocycles. The first kappa shape index (κ1) is 34.9. The van der Waals surface area contributed by atoms with Crippen molar-refractivity contribution in [2.24, 2.45) is 11.8 Å². The van der Waals surface area contributed by atoms with Gasteiger partial charge >= 0.3 is 11.9 Å². The van der Waals surface area contributed by atoms with Gasteiger partial charge in [0, 0.05) is 31.6 Å². The van der Waals surface area contributed by atoms with E-state index in [-0.39, 0.29) is 24.1 Å². The number of piperidine rings is 1. The van der Waals surface area contributed by atoms with Gasteiger partial charge in [0.2, 0.25) is 11.8 Å². The summed E-state index contributed by atoms with van der Waals surface area (Å²) in [4.78, 5) is 80.0. The summed E-state index contributed by atoms with van der Waals surface area (Å²) >= 11 is 0. The van der Waals surface area contributed by atoms with E-state index >= 15 is 0 Å². The first-order chi connectivity index (χ1) is 22.3. The van der Waals surface area contributed by atoms with Crippen LogP contribution < -0.4 is 26.2 Å². The number of carbonyl (C=O) groups is 6. The van der Waals surface area contributed by atoms with Crippen molar-refractivity contribution in [3.05, 3.63) is 59.7 Å². The van der Waals surface area contributed by atoms with Crippen molar-refractivity contribution in [3.63, 3.8) is 0 Å². The molecule has 7 N–H and O–H groups in total. The SMILES string of the molecule is CC(C)[C@]1(Cc2ccccc2)NC(=O)[C@@H](CO)NC(=O)[C@@H](CCC(=O)O)NC(=O)c2cc(N3CCC(C(=O)O)CC3)ccc2NC1=O. The highest BCUT2D eigenvalue weighted by molar-refractivity contribution is 6.09. The third-order valence-corrected chi connectivity index (χ3v) is 8.85. The summed E-state index contributed by atoms with van der Waals surface area (Å²) in [6.45, 7) is 3.48. The Bertz CT molecular complexity index is 1510. The van der Waals surface area contributed by atoms with E-state index in [2.05, 4.69) is 21.3 Å². The van der Waals surface area contributed by atoms with Crippen LogP contribution >= 0.6 is 0 Å². The minimum Gasteiger partial charge on any atom is -0.481 e. The maximum Gasteiger partial charge on any atom is 0.306 e. The number of aliphatic hydroxyl groups is 1. The molecular weight excluding hydrogens is 610 g/mol. The Morgan fingerprint density at radius 3 is 2.21 bits per heavy atom. The van der Waals surface area contributed by atoms with Gasteiger partial charge in [-0.05, 0) is 48.9 Å². The second-order valence-electron chi connectivity index (χ2n) is 12.3. The van der Waals surface area contributed by atoms with E-state index in [0.29, 0.717) is 31.6 Å². The zero-order chi connectivity index (χ0) is 34.3. The predicted octanol–water partition coefficient (Wildman–Crippen LogP) is 1.13. The number of hydrogen-bond donors (Lipinski definition) is 7. The van der Waals surface area contributed by atoms with E-state index in [1.165, 1.54) is 12.1 Å². The smallest absolute Gasteiger partial charge is 0.306 e. The van der Waals surface area contributed by atoms with Gasteiger partial charge in [-0.1, -0.05) is 44.2 Å². The Labute approximate surface area is 271 Å². The van der Waals surface area contributed by atoms with E-state index in [1.807, 2.05) is 11.0 Å². The van der Waals surface area contributed by atoms with Gasteiger partial charge in [-0.25, -0.2) is 0 Å². The van der Waals surface area contributed by atoms with E-state index in [0.717, 1.165) is 5.56 Å². The number of fused-ring (bicyclic) bond motifs is 1. The average Bonchev–Trinajstić information content (AvgIpc) is 3.05. The van der Waals surface area contributed by atoms with Gasteiger partial charge in [-0.15, -0.1) is 0 Å². The van der Waals surface area contributed by atoms with Crippen LogP contribution in [0, 0.1) is 11.8 Å². The number of benzene rings is 2. The van der Waals surface area contributed by atoms with Gasteiger partial charge in [-0.3, -0.25) is 28.8 Å². The Morgan fingerprint density at radius 1 is 0.936 bits per heavy atom. The second-order valence-corrected chi connectivity index (χ2v) is 12.3. The molecule has 14 nitrogen and oxygen atoms in total. The summed E-state index contributed by atoms with van der Waals surface area (Å²) in [5.74, 6) is -6.25. The highest BCUT2D eigenvalue weighted by atomic mass is 16.4. The van der Waals surface area contributed by atoms with Crippen LogP contribution in [0.2, 0.25) is 0 Å². The molecule has 0 aliphatic carbocycles. The molecule has 47 heavy (non-hydrogen) atoms. The lowest BCUT2D eigenvalue weighted by atomic mass is 9.79. The standard InChI is InChI=1S/C33H41N5O9/c1-19(2)33(17-20-6-4-3-5-7-20)32(47)36-24-9-8-22(38-14-12-21(13-15-38)31(45)46)16-23(24)28(42)34-25(10-11-27(40)41)29(43)35-26(18-39)30(44)37-33/h3-9,16,19,21,25-26,39H,10-15,17-18H2,1-2H3,(H,34,42)(H,35,43)(H,36,47)(H,37,44)(H,40,41)(H,45,46)/t25-,26-,33+/m1/s1. The molecule has 2 aromatic rings. The number of carboxylic acid groups (broad SMARTS) is 2. The fourth-order valence-corrected chi connectivity index (χ4v) is 5.90. The van der Waals surface area contributed by atoms with Crippen molar-refractivity contribution < 1.29 is 44.1 Å². The van der Waals surface area contributed by atoms with E-state index in [4.69, 9.17) is 0 Å². The molecule has 1 saturated heterocycles. The molecule has 0 unspecified atom stereocenters. The van der Waals surface area contributed by atoms with Crippen molar-refractivity contribution in [1.82, 2.24) is 16.0 Å². The monoisotopic (exact) mass is 651 g/mol. The summed E-state index contributed by atoms with van der Waals surface area (Å²) in [7, 11) is 0. The molecule has 4 amide bonds. The van der Waals surface area contributed by atoms with Crippen LogP contribution in [-0.2, 0) is 30.4 Å². The van der Waals surface area contributed by atoms with E-state index in [9.17, 15) is 44.1 Å². The van der Waals surface area contributed by atoms with Crippen LogP contribution in [0.25, 0.3) is 0 Å². The van der Waals surface area contributed by atoms with Crippen molar-refractivity contribution in [2.75, 3.05) is 29.9 Å². The van der Waals surface area contributed by atoms with Crippen molar-refractivity contribution in [1.29, 1.82) is 0 Å². The van der Waals surface area contributed by atoms with Crippen molar-refractivity contribution in [3.8, 4) is 0 Å². The summed E-state index contributed by atoms with van der Waals surface area (Å²) < 4.78 is 0. The molecule has 3 atom stereocenters. The minimum atomic E-state index is -1.61. The number of carbonyl (C=O) groups excluding carboxylic acids is 4. The zero-order valence-corrected chi connectivity index (χ0v) is 26.3. The van der Waals surface area contributed by atoms with Crippen molar-refractivity contribution >= 4 is 46.9 Å². The lowest BCUT2D eigenvalue weighted by Gasteiger charge is -2.38. The number of nitrogens with one attached hydrogen (secondary N) is 4. The summed E-state index contributed by atoms with van der Waals surface area (Å²) in [5.41, 5.74) is -0.248. The molecular formula is C33H41N5O9. The van der Waals surface area contributed by atoms with Crippen molar-refractivity contribution in [2.45, 2.75) is 63.6 Å². The highest BCUT2D eigenvalue weighted by Gasteiger charge is 2.45. The maximum atomic E-state index is 14.3. The Morgan fingerprint density at radius 2 is 1.62 bits per heavy atom. The first-order valence-electron chi connectivity index (χ1n) is 15.6. The van der Waals surface area contributed by atoms with Gasteiger partial charge in [0.1, 0.15) is 17.6 Å². The quantitative estimate of drug-likeness (QED) is 0.205. The molecule has 2 aliphatic heterocycles. The molecule has 0 radical (unpaired) electrons. The van der Waals surface area contributed by atoms with Gasteiger partial charge in [0.15, 0.2) is 0 Å². The van der Waals surface area contributed by atoms with Crippen LogP contribution in [0.4, 0.5) is 11.4 Å². The second kappa shape index (κ2) is 15.1. The summed E-state index contributed by atoms with van der Waals surface area (Å²) in [6.07, 6.45) is 0.0308. The lowest BCUT2D eigenvalue weighted by Crippen LogP contribution is -2.65. The Hall–Kier alpha value is -4.98. The molecule has 0 saturated carbocycles. The predicted molar refractivity (Wildman–Crippen MR) is 171 cm³/mol. The minimum absolute atomic E-state index is 0.0222. The summed E-state index contributed by atoms with van der Waals surface area (Å²) in [6, 6.07) is 10.8. The molecule has 0 aromatic heterocycles. The number of anilines is 2. The van der Waals surface area contributed by atoms with Gasteiger partial charge in [0.05, 0.1) is 23.8 Å². The van der Waals surface area contributed by atoms with E-state index in [1.54, 1.807) is 44.2 Å². The molecule has 0 bridgehead atoms. The molecule has 14 heteroatoms. The number of aliphatic carboxylic acids is 2. The molecule has 0 spiro atoms. The van der Waals surface area contributed by atoms with Gasteiger partial charge in [-0.2, -0.15) is 0 Å². The topological polar surface area (TPSA) is 214 Å². The first-order valence-corrected chi connectivity index (χ1v) is 15.6. The lowest BCUT2D eigenvalue weighted by molar-refractivity contribution is -0.142. The number of rotatable bonds is 9. The van der Waals surface area contributed by atoms with Crippen LogP contribution in [0.5, 0.6) is 0 Å². The third-order valence-electron chi connectivity index (χ3n) is 8.85. The summed E-state index contributed by atoms with van der Waals surface area (Å²) in [5, 5.41) is 39.4. The van der Waals surface area contributed by atoms with Gasteiger partial charge in [0.25, 0.3) is 11.8 Å². The maximum absolute atomic E-state index is 14.3. The molecule has 2 aromatic carbocycles. The third kappa shape index (κ3) is 8.25. The molecule has 1 fully saturated rings. The van der Waals surface area contributed by atoms with E-state index < -0.39 is 78.1 Å². The van der Waals surface area contributed by atoms with Crippen LogP contribution in [0.15, 0.2) is 48.5 Å². The fraction of sp³-hybridized carbons (Fsp3) is 0.455. The van der Waals surface area contributed by atoms with Crippen LogP contribution in [0.3, 0.4) is 0 Å². The van der Waals surface area contributed by atoms with Crippen LogP contribution in [-0.4, -0.2) is 88.2 Å². The normalized spacial score (nSPS) is 22.9. The van der Waals surface area contributed by atoms with Gasteiger partial charge < -0.3 is 41.5 Å². The number of carboxylic acids is 2. The Kier molecular flexibility index (Phi) is 11.2.